The normalized spacial score (nSPS) is 5.67. The summed E-state index contributed by atoms with van der Waals surface area (Å²) in [5.41, 5.74) is 0. The van der Waals surface area contributed by atoms with E-state index < -0.39 is 6.16 Å². The van der Waals surface area contributed by atoms with Gasteiger partial charge in [-0.3, -0.25) is 11.7 Å². The van der Waals surface area contributed by atoms with E-state index in [4.69, 9.17) is 5.11 Å². The van der Waals surface area contributed by atoms with E-state index in [0.29, 0.717) is 0 Å². The molecular weight excluding hydrogens is 144 g/mol. The molecule has 0 aliphatic heterocycles. The van der Waals surface area contributed by atoms with Gasteiger partial charge in [0.2, 0.25) is 0 Å². The molecule has 0 bridgehead atoms. The van der Waals surface area contributed by atoms with Crippen molar-refractivity contribution >= 4 is 19.7 Å². The van der Waals surface area contributed by atoms with Gasteiger partial charge in [-0.25, -0.2) is 4.79 Å². The fourth-order valence-corrected chi connectivity index (χ4v) is 0.123. The quantitative estimate of drug-likeness (QED) is 0.273. The Balaban J connectivity index is -0.000000109. The number of carboxylic acid groups (broad SMARTS) is 1. The van der Waals surface area contributed by atoms with Crippen molar-refractivity contribution in [1.82, 2.24) is 0 Å². The number of hydrazine groups is 1. The molecule has 9 heavy (non-hydrogen) atoms. The Morgan fingerprint density at radius 3 is 2.00 bits per heavy atom. The molecule has 0 aromatic carbocycles. The molecule has 0 unspecified atom stereocenters. The van der Waals surface area contributed by atoms with Crippen LogP contribution in [0.15, 0.2) is 0 Å². The Labute approximate surface area is 60.4 Å². The minimum Gasteiger partial charge on any atom is -0.450 e. The van der Waals surface area contributed by atoms with Crippen molar-refractivity contribution in [3.63, 3.8) is 0 Å². The summed E-state index contributed by atoms with van der Waals surface area (Å²) < 4.78 is 3.96. The maximum absolute atomic E-state index is 9.38. The molecule has 0 aromatic rings. The maximum atomic E-state index is 9.38. The van der Waals surface area contributed by atoms with Crippen molar-refractivity contribution in [3.8, 4) is 0 Å². The predicted molar refractivity (Wildman–Crippen MR) is 38.4 cm³/mol. The zero-order chi connectivity index (χ0) is 6.99. The van der Waals surface area contributed by atoms with Crippen molar-refractivity contribution in [2.75, 3.05) is 6.61 Å². The smallest absolute Gasteiger partial charge is 0.450 e. The zero-order valence-corrected chi connectivity index (χ0v) is 6.13. The standard InChI is InChI=1S/C3H6O3.H4N2.H2S/c1-2-6-3(4)5;1-2;/h2H2,1H3,(H,4,5);1-2H2;1H2. The Morgan fingerprint density at radius 2 is 2.00 bits per heavy atom. The lowest BCUT2D eigenvalue weighted by molar-refractivity contribution is 0.0966. The van der Waals surface area contributed by atoms with E-state index in [1.54, 1.807) is 6.92 Å². The lowest BCUT2D eigenvalue weighted by Gasteiger charge is -1.87. The van der Waals surface area contributed by atoms with Crippen LogP contribution in [0.3, 0.4) is 0 Å². The van der Waals surface area contributed by atoms with Gasteiger partial charge < -0.3 is 9.84 Å². The minimum absolute atomic E-state index is 0. The van der Waals surface area contributed by atoms with E-state index in [0.717, 1.165) is 0 Å². The molecule has 0 saturated heterocycles. The second kappa shape index (κ2) is 15.6. The molecule has 5 N–H and O–H groups in total. The van der Waals surface area contributed by atoms with Gasteiger partial charge >= 0.3 is 6.16 Å². The van der Waals surface area contributed by atoms with Crippen molar-refractivity contribution in [3.05, 3.63) is 0 Å². The van der Waals surface area contributed by atoms with Gasteiger partial charge in [-0.15, -0.1) is 0 Å². The van der Waals surface area contributed by atoms with Gasteiger partial charge in [0.25, 0.3) is 0 Å². The van der Waals surface area contributed by atoms with Crippen LogP contribution in [0.4, 0.5) is 4.79 Å². The molecule has 0 fully saturated rings. The molecule has 0 atom stereocenters. The highest BCUT2D eigenvalue weighted by molar-refractivity contribution is 7.59. The van der Waals surface area contributed by atoms with Gasteiger partial charge in [0.05, 0.1) is 6.61 Å². The summed E-state index contributed by atoms with van der Waals surface area (Å²) in [4.78, 5) is 9.38. The van der Waals surface area contributed by atoms with Crippen LogP contribution < -0.4 is 11.7 Å². The molecule has 0 aromatic heterocycles. The number of ether oxygens (including phenoxy) is 1. The van der Waals surface area contributed by atoms with Crippen LogP contribution in [-0.2, 0) is 4.74 Å². The van der Waals surface area contributed by atoms with Crippen LogP contribution in [0.5, 0.6) is 0 Å². The average molecular weight is 156 g/mol. The topological polar surface area (TPSA) is 98.6 Å². The molecule has 58 valence electrons. The highest BCUT2D eigenvalue weighted by atomic mass is 32.1. The summed E-state index contributed by atoms with van der Waals surface area (Å²) in [5, 5.41) is 7.69. The summed E-state index contributed by atoms with van der Waals surface area (Å²) >= 11 is 0. The molecular formula is C3H12N2O3S. The highest BCUT2D eigenvalue weighted by Gasteiger charge is 1.86. The first-order valence-corrected chi connectivity index (χ1v) is 1.96. The molecule has 0 aliphatic rings. The van der Waals surface area contributed by atoms with Gasteiger partial charge in [-0.2, -0.15) is 13.5 Å². The van der Waals surface area contributed by atoms with Gasteiger partial charge in [-0.05, 0) is 6.92 Å². The van der Waals surface area contributed by atoms with Gasteiger partial charge in [-0.1, -0.05) is 0 Å². The van der Waals surface area contributed by atoms with Crippen LogP contribution in [0.25, 0.3) is 0 Å². The fraction of sp³-hybridized carbons (Fsp3) is 0.667. The average Bonchev–Trinajstić information content (AvgIpc) is 1.72. The Hall–Kier alpha value is -0.460. The number of rotatable bonds is 1. The first-order valence-electron chi connectivity index (χ1n) is 1.96. The molecule has 0 amide bonds. The molecule has 0 radical (unpaired) electrons. The third kappa shape index (κ3) is 35.9. The van der Waals surface area contributed by atoms with E-state index in [9.17, 15) is 4.79 Å². The molecule has 0 rings (SSSR count). The van der Waals surface area contributed by atoms with Gasteiger partial charge in [0.15, 0.2) is 0 Å². The summed E-state index contributed by atoms with van der Waals surface area (Å²) in [6.07, 6.45) is -1.21. The maximum Gasteiger partial charge on any atom is 0.505 e. The summed E-state index contributed by atoms with van der Waals surface area (Å²) in [6, 6.07) is 0. The lowest BCUT2D eigenvalue weighted by Crippen LogP contribution is -2.02. The van der Waals surface area contributed by atoms with Crippen LogP contribution in [0, 0.1) is 0 Å². The first kappa shape index (κ1) is 15.8. The Bertz CT molecular complexity index is 61.0. The van der Waals surface area contributed by atoms with Crippen LogP contribution in [0.2, 0.25) is 0 Å². The van der Waals surface area contributed by atoms with E-state index in [-0.39, 0.29) is 20.1 Å². The molecule has 6 heteroatoms. The SMILES string of the molecule is CCOC(=O)O.NN.S. The van der Waals surface area contributed by atoms with Crippen molar-refractivity contribution in [1.29, 1.82) is 0 Å². The number of hydrogen-bond donors (Lipinski definition) is 3. The number of carbonyl (C=O) groups is 1. The number of nitrogens with two attached hydrogens (primary N) is 2. The Kier molecular flexibility index (Phi) is 27.5. The van der Waals surface area contributed by atoms with Crippen LogP contribution >= 0.6 is 13.5 Å². The summed E-state index contributed by atoms with van der Waals surface area (Å²) in [5.74, 6) is 8.00. The lowest BCUT2D eigenvalue weighted by atomic mass is 10.9. The molecule has 0 heterocycles. The zero-order valence-electron chi connectivity index (χ0n) is 5.13. The highest BCUT2D eigenvalue weighted by Crippen LogP contribution is 1.69. The van der Waals surface area contributed by atoms with Gasteiger partial charge in [0, 0.05) is 0 Å². The largest absolute Gasteiger partial charge is 0.505 e. The second-order valence-electron chi connectivity index (χ2n) is 0.699. The summed E-state index contributed by atoms with van der Waals surface area (Å²) in [6.45, 7) is 1.85. The molecule has 5 nitrogen and oxygen atoms in total. The Morgan fingerprint density at radius 1 is 1.67 bits per heavy atom. The second-order valence-corrected chi connectivity index (χ2v) is 0.699. The van der Waals surface area contributed by atoms with Gasteiger partial charge in [0.1, 0.15) is 0 Å². The van der Waals surface area contributed by atoms with Crippen LogP contribution in [0.1, 0.15) is 6.92 Å². The third-order valence-corrected chi connectivity index (χ3v) is 0.268. The molecule has 0 saturated carbocycles. The first-order chi connectivity index (χ1) is 3.77. The van der Waals surface area contributed by atoms with Crippen molar-refractivity contribution in [2.45, 2.75) is 6.92 Å². The van der Waals surface area contributed by atoms with Crippen molar-refractivity contribution in [2.24, 2.45) is 11.7 Å². The van der Waals surface area contributed by atoms with E-state index in [1.807, 2.05) is 0 Å². The van der Waals surface area contributed by atoms with E-state index in [1.165, 1.54) is 0 Å². The fourth-order valence-electron chi connectivity index (χ4n) is 0.123. The summed E-state index contributed by atoms with van der Waals surface area (Å²) in [7, 11) is 0. The third-order valence-electron chi connectivity index (χ3n) is 0.268. The van der Waals surface area contributed by atoms with E-state index in [2.05, 4.69) is 16.4 Å². The minimum atomic E-state index is -1.21. The van der Waals surface area contributed by atoms with E-state index >= 15 is 0 Å². The monoisotopic (exact) mass is 156 g/mol. The molecule has 0 aliphatic carbocycles. The predicted octanol–water partition coefficient (Wildman–Crippen LogP) is -0.367. The number of hydrogen-bond acceptors (Lipinski definition) is 4. The molecule has 0 spiro atoms. The van der Waals surface area contributed by atoms with Crippen molar-refractivity contribution < 1.29 is 14.6 Å². The van der Waals surface area contributed by atoms with Crippen LogP contribution in [-0.4, -0.2) is 17.9 Å².